The Kier molecular flexibility index (Phi) is 3.10. The molecule has 2 rings (SSSR count). The molecule has 0 unspecified atom stereocenters. The number of aromatic nitrogens is 3. The van der Waals surface area contributed by atoms with Crippen LogP contribution in [0.5, 0.6) is 0 Å². The first-order chi connectivity index (χ1) is 7.75. The molecule has 2 heterocycles. The van der Waals surface area contributed by atoms with Crippen LogP contribution in [0.3, 0.4) is 0 Å². The second kappa shape index (κ2) is 4.70. The van der Waals surface area contributed by atoms with Gasteiger partial charge in [-0.2, -0.15) is 0 Å². The molecule has 0 atom stereocenters. The number of hydrogen-bond acceptors (Lipinski definition) is 4. The van der Waals surface area contributed by atoms with Crippen molar-refractivity contribution >= 4 is 5.82 Å². The highest BCUT2D eigenvalue weighted by atomic mass is 15.0. The quantitative estimate of drug-likeness (QED) is 0.850. The summed E-state index contributed by atoms with van der Waals surface area (Å²) in [7, 11) is 0. The van der Waals surface area contributed by atoms with Gasteiger partial charge < -0.3 is 5.32 Å². The van der Waals surface area contributed by atoms with Crippen LogP contribution in [0.25, 0.3) is 0 Å². The molecule has 4 nitrogen and oxygen atoms in total. The van der Waals surface area contributed by atoms with Crippen LogP contribution in [-0.2, 0) is 6.54 Å². The molecular weight excluding hydrogens is 200 g/mol. The van der Waals surface area contributed by atoms with Crippen molar-refractivity contribution in [1.29, 1.82) is 0 Å². The molecule has 2 aromatic rings. The van der Waals surface area contributed by atoms with E-state index >= 15 is 0 Å². The van der Waals surface area contributed by atoms with E-state index in [9.17, 15) is 0 Å². The summed E-state index contributed by atoms with van der Waals surface area (Å²) in [6, 6.07) is 3.94. The summed E-state index contributed by atoms with van der Waals surface area (Å²) in [5.74, 6) is 0.851. The molecule has 1 N–H and O–H groups in total. The van der Waals surface area contributed by atoms with Crippen LogP contribution < -0.4 is 5.32 Å². The van der Waals surface area contributed by atoms with Gasteiger partial charge >= 0.3 is 0 Å². The Morgan fingerprint density at radius 1 is 1.25 bits per heavy atom. The lowest BCUT2D eigenvalue weighted by atomic mass is 10.1. The van der Waals surface area contributed by atoms with Gasteiger partial charge in [0.1, 0.15) is 12.1 Å². The van der Waals surface area contributed by atoms with Gasteiger partial charge in [0.05, 0.1) is 0 Å². The number of hydrogen-bond donors (Lipinski definition) is 1. The Hall–Kier alpha value is -1.97. The van der Waals surface area contributed by atoms with Crippen molar-refractivity contribution in [1.82, 2.24) is 15.0 Å². The molecule has 16 heavy (non-hydrogen) atoms. The molecule has 0 saturated heterocycles. The monoisotopic (exact) mass is 214 g/mol. The third-order valence-electron chi connectivity index (χ3n) is 2.40. The molecule has 82 valence electrons. The highest BCUT2D eigenvalue weighted by Crippen LogP contribution is 2.09. The minimum absolute atomic E-state index is 0.755. The van der Waals surface area contributed by atoms with Crippen LogP contribution in [0.15, 0.2) is 30.9 Å². The van der Waals surface area contributed by atoms with E-state index in [1.165, 1.54) is 11.1 Å². The third kappa shape index (κ3) is 2.53. The van der Waals surface area contributed by atoms with Crippen LogP contribution >= 0.6 is 0 Å². The van der Waals surface area contributed by atoms with Gasteiger partial charge in [0.25, 0.3) is 0 Å². The average Bonchev–Trinajstić information content (AvgIpc) is 2.28. The molecule has 0 amide bonds. The summed E-state index contributed by atoms with van der Waals surface area (Å²) in [5, 5.41) is 3.26. The third-order valence-corrected chi connectivity index (χ3v) is 2.40. The van der Waals surface area contributed by atoms with E-state index in [0.717, 1.165) is 18.1 Å². The van der Waals surface area contributed by atoms with Crippen LogP contribution in [0, 0.1) is 13.8 Å². The number of pyridine rings is 1. The summed E-state index contributed by atoms with van der Waals surface area (Å²) in [6.45, 7) is 4.75. The van der Waals surface area contributed by atoms with Crippen LogP contribution in [0.1, 0.15) is 16.8 Å². The number of nitrogens with zero attached hydrogens (tertiary/aromatic N) is 3. The standard InChI is InChI=1S/C12H14N4/c1-9-6-13-4-3-11(9)7-14-12-5-10(2)15-8-16-12/h3-6,8H,7H2,1-2H3,(H,14,15,16). The molecule has 0 aliphatic heterocycles. The van der Waals surface area contributed by atoms with Gasteiger partial charge in [-0.25, -0.2) is 9.97 Å². The van der Waals surface area contributed by atoms with Crippen molar-refractivity contribution in [3.63, 3.8) is 0 Å². The Bertz CT molecular complexity index is 482. The van der Waals surface area contributed by atoms with E-state index in [2.05, 4.69) is 27.2 Å². The van der Waals surface area contributed by atoms with Gasteiger partial charge in [0, 0.05) is 30.7 Å². The van der Waals surface area contributed by atoms with Gasteiger partial charge in [0.2, 0.25) is 0 Å². The first-order valence-electron chi connectivity index (χ1n) is 5.18. The van der Waals surface area contributed by atoms with E-state index in [4.69, 9.17) is 0 Å². The summed E-state index contributed by atoms with van der Waals surface area (Å²) in [4.78, 5) is 12.3. The maximum Gasteiger partial charge on any atom is 0.129 e. The fraction of sp³-hybridized carbons (Fsp3) is 0.250. The van der Waals surface area contributed by atoms with Crippen molar-refractivity contribution < 1.29 is 0 Å². The molecule has 0 spiro atoms. The van der Waals surface area contributed by atoms with Crippen LogP contribution in [-0.4, -0.2) is 15.0 Å². The maximum atomic E-state index is 4.15. The molecule has 0 fully saturated rings. The highest BCUT2D eigenvalue weighted by Gasteiger charge is 1.98. The Labute approximate surface area is 94.8 Å². The van der Waals surface area contributed by atoms with Gasteiger partial charge in [-0.1, -0.05) is 0 Å². The van der Waals surface area contributed by atoms with E-state index in [1.54, 1.807) is 12.5 Å². The van der Waals surface area contributed by atoms with Crippen molar-refractivity contribution in [2.24, 2.45) is 0 Å². The minimum Gasteiger partial charge on any atom is -0.366 e. The fourth-order valence-electron chi connectivity index (χ4n) is 1.44. The summed E-state index contributed by atoms with van der Waals surface area (Å²) >= 11 is 0. The zero-order valence-electron chi connectivity index (χ0n) is 9.44. The summed E-state index contributed by atoms with van der Waals surface area (Å²) in [5.41, 5.74) is 3.37. The second-order valence-electron chi connectivity index (χ2n) is 3.70. The number of nitrogens with one attached hydrogen (secondary N) is 1. The largest absolute Gasteiger partial charge is 0.366 e. The van der Waals surface area contributed by atoms with Gasteiger partial charge in [-0.15, -0.1) is 0 Å². The van der Waals surface area contributed by atoms with E-state index in [0.29, 0.717) is 0 Å². The smallest absolute Gasteiger partial charge is 0.129 e. The van der Waals surface area contributed by atoms with Crippen molar-refractivity contribution in [2.45, 2.75) is 20.4 Å². The average molecular weight is 214 g/mol. The topological polar surface area (TPSA) is 50.7 Å². The Morgan fingerprint density at radius 3 is 2.88 bits per heavy atom. The molecule has 0 aromatic carbocycles. The zero-order chi connectivity index (χ0) is 11.4. The maximum absolute atomic E-state index is 4.15. The Morgan fingerprint density at radius 2 is 2.12 bits per heavy atom. The van der Waals surface area contributed by atoms with Crippen molar-refractivity contribution in [2.75, 3.05) is 5.32 Å². The van der Waals surface area contributed by atoms with Crippen molar-refractivity contribution in [3.8, 4) is 0 Å². The van der Waals surface area contributed by atoms with Crippen LogP contribution in [0.4, 0.5) is 5.82 Å². The predicted molar refractivity (Wildman–Crippen MR) is 63.1 cm³/mol. The zero-order valence-corrected chi connectivity index (χ0v) is 9.44. The summed E-state index contributed by atoms with van der Waals surface area (Å²) in [6.07, 6.45) is 5.23. The molecule has 0 radical (unpaired) electrons. The van der Waals surface area contributed by atoms with E-state index in [1.807, 2.05) is 25.3 Å². The molecule has 4 heteroatoms. The number of aryl methyl sites for hydroxylation is 2. The molecule has 2 aromatic heterocycles. The second-order valence-corrected chi connectivity index (χ2v) is 3.70. The summed E-state index contributed by atoms with van der Waals surface area (Å²) < 4.78 is 0. The lowest BCUT2D eigenvalue weighted by molar-refractivity contribution is 1.04. The Balaban J connectivity index is 2.05. The fourth-order valence-corrected chi connectivity index (χ4v) is 1.44. The lowest BCUT2D eigenvalue weighted by Crippen LogP contribution is -2.03. The highest BCUT2D eigenvalue weighted by molar-refractivity contribution is 5.36. The number of anilines is 1. The molecular formula is C12H14N4. The molecule has 0 aliphatic rings. The molecule has 0 saturated carbocycles. The van der Waals surface area contributed by atoms with E-state index in [-0.39, 0.29) is 0 Å². The van der Waals surface area contributed by atoms with Gasteiger partial charge in [-0.05, 0) is 31.0 Å². The first kappa shape index (κ1) is 10.5. The van der Waals surface area contributed by atoms with Gasteiger partial charge in [-0.3, -0.25) is 4.98 Å². The lowest BCUT2D eigenvalue weighted by Gasteiger charge is -2.07. The SMILES string of the molecule is Cc1cc(NCc2ccncc2C)ncn1. The van der Waals surface area contributed by atoms with Gasteiger partial charge in [0.15, 0.2) is 0 Å². The molecule has 0 bridgehead atoms. The predicted octanol–water partition coefficient (Wildman–Crippen LogP) is 2.10. The first-order valence-corrected chi connectivity index (χ1v) is 5.18. The molecule has 0 aliphatic carbocycles. The van der Waals surface area contributed by atoms with E-state index < -0.39 is 0 Å². The normalized spacial score (nSPS) is 10.1. The van der Waals surface area contributed by atoms with Crippen LogP contribution in [0.2, 0.25) is 0 Å². The minimum atomic E-state index is 0.755. The van der Waals surface area contributed by atoms with Crippen molar-refractivity contribution in [3.05, 3.63) is 47.7 Å². The number of rotatable bonds is 3.